The summed E-state index contributed by atoms with van der Waals surface area (Å²) >= 11 is 1.82. The molecule has 0 bridgehead atoms. The second kappa shape index (κ2) is 4.01. The molecule has 0 saturated heterocycles. The van der Waals surface area contributed by atoms with Gasteiger partial charge in [0.1, 0.15) is 0 Å². The fraction of sp³-hybridized carbons (Fsp3) is 0.636. The van der Waals surface area contributed by atoms with E-state index in [-0.39, 0.29) is 0 Å². The lowest BCUT2D eigenvalue weighted by Gasteiger charge is -2.36. The zero-order valence-corrected chi connectivity index (χ0v) is 9.36. The largest absolute Gasteiger partial charge is 0.389 e. The quantitative estimate of drug-likeness (QED) is 0.799. The summed E-state index contributed by atoms with van der Waals surface area (Å²) in [4.78, 5) is 2.70. The third-order valence-corrected chi connectivity index (χ3v) is 3.83. The molecule has 1 heterocycles. The standard InChI is InChI=1S/C11H17NOS/c1-9-3-4-10(14-9)7-12-8-11(13)5-2-6-11/h3-4,12-13H,2,5-8H2,1H3. The molecule has 0 atom stereocenters. The van der Waals surface area contributed by atoms with Crippen molar-refractivity contribution in [2.75, 3.05) is 6.54 Å². The summed E-state index contributed by atoms with van der Waals surface area (Å²) in [5.74, 6) is 0. The van der Waals surface area contributed by atoms with Crippen molar-refractivity contribution >= 4 is 11.3 Å². The Kier molecular flexibility index (Phi) is 2.91. The smallest absolute Gasteiger partial charge is 0.0771 e. The molecule has 0 spiro atoms. The van der Waals surface area contributed by atoms with Crippen molar-refractivity contribution in [2.24, 2.45) is 0 Å². The van der Waals surface area contributed by atoms with Gasteiger partial charge in [0.15, 0.2) is 0 Å². The van der Waals surface area contributed by atoms with Gasteiger partial charge in [-0.1, -0.05) is 0 Å². The van der Waals surface area contributed by atoms with E-state index in [0.717, 1.165) is 25.9 Å². The molecule has 1 fully saturated rings. The predicted molar refractivity (Wildman–Crippen MR) is 59.6 cm³/mol. The Morgan fingerprint density at radius 3 is 2.79 bits per heavy atom. The lowest BCUT2D eigenvalue weighted by Crippen LogP contribution is -2.45. The molecular weight excluding hydrogens is 194 g/mol. The average molecular weight is 211 g/mol. The third kappa shape index (κ3) is 2.35. The van der Waals surface area contributed by atoms with Gasteiger partial charge in [-0.2, -0.15) is 0 Å². The van der Waals surface area contributed by atoms with E-state index in [1.54, 1.807) is 0 Å². The van der Waals surface area contributed by atoms with Crippen LogP contribution >= 0.6 is 11.3 Å². The minimum atomic E-state index is -0.397. The molecule has 0 unspecified atom stereocenters. The van der Waals surface area contributed by atoms with Gasteiger partial charge in [0, 0.05) is 22.8 Å². The molecule has 1 aromatic heterocycles. The first-order chi connectivity index (χ1) is 6.68. The lowest BCUT2D eigenvalue weighted by atomic mass is 9.80. The van der Waals surface area contributed by atoms with E-state index in [9.17, 15) is 5.11 Å². The number of rotatable bonds is 4. The van der Waals surface area contributed by atoms with E-state index in [1.165, 1.54) is 16.2 Å². The average Bonchev–Trinajstić information content (AvgIpc) is 2.49. The number of aryl methyl sites for hydroxylation is 1. The molecule has 0 aromatic carbocycles. The fourth-order valence-electron chi connectivity index (χ4n) is 1.76. The van der Waals surface area contributed by atoms with Gasteiger partial charge < -0.3 is 10.4 Å². The van der Waals surface area contributed by atoms with Gasteiger partial charge in [0.05, 0.1) is 5.60 Å². The summed E-state index contributed by atoms with van der Waals surface area (Å²) in [5, 5.41) is 13.2. The number of thiophene rings is 1. The second-order valence-electron chi connectivity index (χ2n) is 4.19. The molecule has 0 amide bonds. The Bertz CT molecular complexity index is 304. The maximum absolute atomic E-state index is 9.83. The number of hydrogen-bond acceptors (Lipinski definition) is 3. The van der Waals surface area contributed by atoms with E-state index < -0.39 is 5.60 Å². The van der Waals surface area contributed by atoms with Gasteiger partial charge in [0.2, 0.25) is 0 Å². The summed E-state index contributed by atoms with van der Waals surface area (Å²) in [6.07, 6.45) is 3.10. The van der Waals surface area contributed by atoms with Crippen molar-refractivity contribution in [1.29, 1.82) is 0 Å². The fourth-order valence-corrected chi connectivity index (χ4v) is 2.62. The highest BCUT2D eigenvalue weighted by Gasteiger charge is 2.33. The van der Waals surface area contributed by atoms with Gasteiger partial charge in [0.25, 0.3) is 0 Å². The van der Waals surface area contributed by atoms with Crippen molar-refractivity contribution in [3.8, 4) is 0 Å². The first-order valence-electron chi connectivity index (χ1n) is 5.16. The molecule has 1 aromatic rings. The molecule has 3 heteroatoms. The van der Waals surface area contributed by atoms with E-state index in [4.69, 9.17) is 0 Å². The zero-order chi connectivity index (χ0) is 10.0. The maximum atomic E-state index is 9.83. The van der Waals surface area contributed by atoms with Crippen molar-refractivity contribution in [2.45, 2.75) is 38.3 Å². The van der Waals surface area contributed by atoms with Gasteiger partial charge in [-0.05, 0) is 38.3 Å². The maximum Gasteiger partial charge on any atom is 0.0771 e. The molecule has 14 heavy (non-hydrogen) atoms. The normalized spacial score (nSPS) is 19.3. The van der Waals surface area contributed by atoms with Gasteiger partial charge in [-0.25, -0.2) is 0 Å². The monoisotopic (exact) mass is 211 g/mol. The van der Waals surface area contributed by atoms with Crippen LogP contribution in [-0.4, -0.2) is 17.3 Å². The molecule has 0 aliphatic heterocycles. The van der Waals surface area contributed by atoms with Crippen LogP contribution in [0.4, 0.5) is 0 Å². The molecule has 78 valence electrons. The Morgan fingerprint density at radius 2 is 2.29 bits per heavy atom. The van der Waals surface area contributed by atoms with Gasteiger partial charge >= 0.3 is 0 Å². The van der Waals surface area contributed by atoms with E-state index in [1.807, 2.05) is 11.3 Å². The Hall–Kier alpha value is -0.380. The summed E-state index contributed by atoms with van der Waals surface area (Å²) < 4.78 is 0. The Morgan fingerprint density at radius 1 is 1.50 bits per heavy atom. The molecule has 1 saturated carbocycles. The second-order valence-corrected chi connectivity index (χ2v) is 5.57. The van der Waals surface area contributed by atoms with Crippen LogP contribution < -0.4 is 5.32 Å². The van der Waals surface area contributed by atoms with Crippen LogP contribution in [0.5, 0.6) is 0 Å². The molecular formula is C11H17NOS. The van der Waals surface area contributed by atoms with Crippen LogP contribution in [0.1, 0.15) is 29.0 Å². The predicted octanol–water partition coefficient (Wildman–Crippen LogP) is 2.06. The summed E-state index contributed by atoms with van der Waals surface area (Å²) in [6.45, 7) is 3.75. The minimum Gasteiger partial charge on any atom is -0.389 e. The SMILES string of the molecule is Cc1ccc(CNCC2(O)CCC2)s1. The van der Waals surface area contributed by atoms with Gasteiger partial charge in [-0.3, -0.25) is 0 Å². The third-order valence-electron chi connectivity index (χ3n) is 2.83. The molecule has 0 radical (unpaired) electrons. The summed E-state index contributed by atoms with van der Waals surface area (Å²) in [5.41, 5.74) is -0.397. The van der Waals surface area contributed by atoms with Crippen LogP contribution in [0.3, 0.4) is 0 Å². The van der Waals surface area contributed by atoms with E-state index in [0.29, 0.717) is 0 Å². The minimum absolute atomic E-state index is 0.397. The van der Waals surface area contributed by atoms with Crippen LogP contribution in [0.15, 0.2) is 12.1 Å². The van der Waals surface area contributed by atoms with Crippen LogP contribution in [-0.2, 0) is 6.54 Å². The zero-order valence-electron chi connectivity index (χ0n) is 8.55. The molecule has 1 aliphatic carbocycles. The van der Waals surface area contributed by atoms with Crippen LogP contribution in [0, 0.1) is 6.92 Å². The first-order valence-corrected chi connectivity index (χ1v) is 5.98. The Labute approximate surface area is 89.0 Å². The van der Waals surface area contributed by atoms with Crippen molar-refractivity contribution < 1.29 is 5.11 Å². The van der Waals surface area contributed by atoms with Crippen molar-refractivity contribution in [1.82, 2.24) is 5.32 Å². The van der Waals surface area contributed by atoms with E-state index >= 15 is 0 Å². The van der Waals surface area contributed by atoms with E-state index in [2.05, 4.69) is 24.4 Å². The number of hydrogen-bond donors (Lipinski definition) is 2. The summed E-state index contributed by atoms with van der Waals surface area (Å²) in [7, 11) is 0. The summed E-state index contributed by atoms with van der Waals surface area (Å²) in [6, 6.07) is 4.29. The highest BCUT2D eigenvalue weighted by atomic mass is 32.1. The van der Waals surface area contributed by atoms with Gasteiger partial charge in [-0.15, -0.1) is 11.3 Å². The number of aliphatic hydroxyl groups is 1. The lowest BCUT2D eigenvalue weighted by molar-refractivity contribution is -0.0314. The molecule has 2 N–H and O–H groups in total. The molecule has 2 rings (SSSR count). The number of nitrogens with one attached hydrogen (secondary N) is 1. The van der Waals surface area contributed by atoms with Crippen molar-refractivity contribution in [3.05, 3.63) is 21.9 Å². The van der Waals surface area contributed by atoms with Crippen molar-refractivity contribution in [3.63, 3.8) is 0 Å². The van der Waals surface area contributed by atoms with Crippen LogP contribution in [0.2, 0.25) is 0 Å². The topological polar surface area (TPSA) is 32.3 Å². The Balaban J connectivity index is 1.72. The molecule has 2 nitrogen and oxygen atoms in total. The molecule has 1 aliphatic rings. The highest BCUT2D eigenvalue weighted by molar-refractivity contribution is 7.11. The first kappa shape index (κ1) is 10.1. The van der Waals surface area contributed by atoms with Crippen LogP contribution in [0.25, 0.3) is 0 Å². The highest BCUT2D eigenvalue weighted by Crippen LogP contribution is 2.30.